The number of nitrogens with one attached hydrogen (secondary N) is 2. The number of anilines is 1. The molecule has 24 heavy (non-hydrogen) atoms. The molecular weight excluding hydrogens is 308 g/mol. The van der Waals surface area contributed by atoms with Crippen LogP contribution in [0.15, 0.2) is 12.1 Å². The minimum atomic E-state index is -0.166. The summed E-state index contributed by atoms with van der Waals surface area (Å²) < 4.78 is 17.1. The van der Waals surface area contributed by atoms with Gasteiger partial charge in [-0.15, -0.1) is 0 Å². The van der Waals surface area contributed by atoms with E-state index in [1.807, 2.05) is 26.0 Å². The summed E-state index contributed by atoms with van der Waals surface area (Å²) in [4.78, 5) is 12.2. The van der Waals surface area contributed by atoms with Crippen LogP contribution in [-0.2, 0) is 16.0 Å². The van der Waals surface area contributed by atoms with Crippen LogP contribution < -0.4 is 20.1 Å². The Labute approximate surface area is 142 Å². The number of carbonyl (C=O) groups excluding carboxylic acids is 1. The molecule has 1 aromatic carbocycles. The molecule has 1 fully saturated rings. The molecule has 1 saturated heterocycles. The molecule has 0 aliphatic carbocycles. The van der Waals surface area contributed by atoms with Crippen molar-refractivity contribution in [2.24, 2.45) is 0 Å². The van der Waals surface area contributed by atoms with E-state index < -0.39 is 0 Å². The van der Waals surface area contributed by atoms with E-state index in [4.69, 9.17) is 14.2 Å². The number of carbonyl (C=O) groups is 1. The molecule has 0 bridgehead atoms. The normalized spacial score (nSPS) is 20.3. The molecule has 1 amide bonds. The lowest BCUT2D eigenvalue weighted by Crippen LogP contribution is -2.34. The Bertz CT molecular complexity index is 585. The van der Waals surface area contributed by atoms with Gasteiger partial charge >= 0.3 is 0 Å². The summed E-state index contributed by atoms with van der Waals surface area (Å²) in [6.07, 6.45) is 3.07. The molecule has 0 spiro atoms. The molecule has 0 aromatic heterocycles. The first kappa shape index (κ1) is 17.0. The lowest BCUT2D eigenvalue weighted by atomic mass is 10.1. The molecule has 132 valence electrons. The van der Waals surface area contributed by atoms with Gasteiger partial charge in [0, 0.05) is 18.1 Å². The van der Waals surface area contributed by atoms with Gasteiger partial charge in [0.05, 0.1) is 18.4 Å². The Hall–Kier alpha value is -1.79. The topological polar surface area (TPSA) is 68.8 Å². The van der Waals surface area contributed by atoms with Crippen molar-refractivity contribution in [2.45, 2.75) is 45.3 Å². The van der Waals surface area contributed by atoms with E-state index in [1.54, 1.807) is 0 Å². The molecule has 2 heterocycles. The second kappa shape index (κ2) is 7.85. The molecule has 1 atom stereocenters. The van der Waals surface area contributed by atoms with E-state index >= 15 is 0 Å². The Morgan fingerprint density at radius 1 is 1.38 bits per heavy atom. The highest BCUT2D eigenvalue weighted by Crippen LogP contribution is 2.38. The van der Waals surface area contributed by atoms with Crippen LogP contribution in [-0.4, -0.2) is 44.4 Å². The average Bonchev–Trinajstić information content (AvgIpc) is 2.93. The van der Waals surface area contributed by atoms with Crippen molar-refractivity contribution in [3.8, 4) is 11.5 Å². The first-order valence-electron chi connectivity index (χ1n) is 8.74. The predicted molar refractivity (Wildman–Crippen MR) is 91.9 cm³/mol. The number of ether oxygens (including phenoxy) is 3. The van der Waals surface area contributed by atoms with Gasteiger partial charge in [0.2, 0.25) is 5.91 Å². The SMILES string of the molecule is CCOc1cc2c(cc1NC(=O)COC1CCNCC1)OC(C)C2. The zero-order chi connectivity index (χ0) is 16.9. The van der Waals surface area contributed by atoms with Crippen LogP contribution >= 0.6 is 0 Å². The van der Waals surface area contributed by atoms with Gasteiger partial charge in [0.25, 0.3) is 0 Å². The molecule has 1 aromatic rings. The van der Waals surface area contributed by atoms with Gasteiger partial charge in [0.1, 0.15) is 24.2 Å². The van der Waals surface area contributed by atoms with E-state index in [9.17, 15) is 4.79 Å². The first-order valence-corrected chi connectivity index (χ1v) is 8.74. The van der Waals surface area contributed by atoms with Crippen molar-refractivity contribution >= 4 is 11.6 Å². The van der Waals surface area contributed by atoms with Crippen LogP contribution in [0.1, 0.15) is 32.3 Å². The van der Waals surface area contributed by atoms with Gasteiger partial charge in [-0.25, -0.2) is 0 Å². The first-order chi connectivity index (χ1) is 11.7. The summed E-state index contributed by atoms with van der Waals surface area (Å²) in [7, 11) is 0. The lowest BCUT2D eigenvalue weighted by Gasteiger charge is -2.22. The van der Waals surface area contributed by atoms with Crippen LogP contribution in [0.4, 0.5) is 5.69 Å². The van der Waals surface area contributed by atoms with Crippen LogP contribution in [0.2, 0.25) is 0 Å². The number of fused-ring (bicyclic) bond motifs is 1. The van der Waals surface area contributed by atoms with Gasteiger partial charge in [-0.05, 0) is 45.8 Å². The smallest absolute Gasteiger partial charge is 0.250 e. The third-order valence-corrected chi connectivity index (χ3v) is 4.31. The highest BCUT2D eigenvalue weighted by atomic mass is 16.5. The van der Waals surface area contributed by atoms with Crippen LogP contribution in [0, 0.1) is 0 Å². The summed E-state index contributed by atoms with van der Waals surface area (Å²) in [5.41, 5.74) is 1.76. The Morgan fingerprint density at radius 3 is 2.92 bits per heavy atom. The highest BCUT2D eigenvalue weighted by molar-refractivity contribution is 5.93. The maximum Gasteiger partial charge on any atom is 0.250 e. The van der Waals surface area contributed by atoms with E-state index in [2.05, 4.69) is 10.6 Å². The standard InChI is InChI=1S/C18H26N2O4/c1-3-22-17-9-13-8-12(2)24-16(13)10-15(17)20-18(21)11-23-14-4-6-19-7-5-14/h9-10,12,14,19H,3-8,11H2,1-2H3,(H,20,21). The highest BCUT2D eigenvalue weighted by Gasteiger charge is 2.23. The van der Waals surface area contributed by atoms with Gasteiger partial charge in [-0.2, -0.15) is 0 Å². The molecule has 3 rings (SSSR count). The van der Waals surface area contributed by atoms with Gasteiger partial charge < -0.3 is 24.8 Å². The Morgan fingerprint density at radius 2 is 2.17 bits per heavy atom. The molecular formula is C18H26N2O4. The molecule has 2 aliphatic rings. The van der Waals surface area contributed by atoms with Crippen LogP contribution in [0.25, 0.3) is 0 Å². The third-order valence-electron chi connectivity index (χ3n) is 4.31. The maximum atomic E-state index is 12.2. The van der Waals surface area contributed by atoms with Crippen LogP contribution in [0.5, 0.6) is 11.5 Å². The number of piperidine rings is 1. The second-order valence-corrected chi connectivity index (χ2v) is 6.33. The molecule has 6 heteroatoms. The van der Waals surface area contributed by atoms with E-state index in [1.165, 1.54) is 0 Å². The fourth-order valence-corrected chi connectivity index (χ4v) is 3.15. The van der Waals surface area contributed by atoms with Crippen molar-refractivity contribution in [3.05, 3.63) is 17.7 Å². The van der Waals surface area contributed by atoms with Crippen molar-refractivity contribution in [2.75, 3.05) is 31.6 Å². The van der Waals surface area contributed by atoms with E-state index in [-0.39, 0.29) is 24.7 Å². The molecule has 0 saturated carbocycles. The van der Waals surface area contributed by atoms with Gasteiger partial charge in [0.15, 0.2) is 0 Å². The molecule has 2 aliphatic heterocycles. The summed E-state index contributed by atoms with van der Waals surface area (Å²) in [5, 5.41) is 6.18. The Kier molecular flexibility index (Phi) is 5.58. The molecule has 1 unspecified atom stereocenters. The monoisotopic (exact) mass is 334 g/mol. The van der Waals surface area contributed by atoms with Crippen molar-refractivity contribution in [1.29, 1.82) is 0 Å². The van der Waals surface area contributed by atoms with E-state index in [0.717, 1.165) is 43.7 Å². The number of hydrogen-bond donors (Lipinski definition) is 2. The largest absolute Gasteiger partial charge is 0.492 e. The third kappa shape index (κ3) is 4.19. The number of amides is 1. The second-order valence-electron chi connectivity index (χ2n) is 6.33. The number of benzene rings is 1. The molecule has 2 N–H and O–H groups in total. The maximum absolute atomic E-state index is 12.2. The fraction of sp³-hybridized carbons (Fsp3) is 0.611. The van der Waals surface area contributed by atoms with Gasteiger partial charge in [-0.1, -0.05) is 0 Å². The quantitative estimate of drug-likeness (QED) is 0.834. The summed E-state index contributed by atoms with van der Waals surface area (Å²) in [6.45, 7) is 6.46. The lowest BCUT2D eigenvalue weighted by molar-refractivity contribution is -0.123. The van der Waals surface area contributed by atoms with Crippen molar-refractivity contribution < 1.29 is 19.0 Å². The average molecular weight is 334 g/mol. The van der Waals surface area contributed by atoms with Gasteiger partial charge in [-0.3, -0.25) is 4.79 Å². The van der Waals surface area contributed by atoms with E-state index in [0.29, 0.717) is 18.0 Å². The minimum Gasteiger partial charge on any atom is -0.492 e. The molecule has 6 nitrogen and oxygen atoms in total. The minimum absolute atomic E-state index is 0.0601. The zero-order valence-electron chi connectivity index (χ0n) is 14.4. The fourth-order valence-electron chi connectivity index (χ4n) is 3.15. The summed E-state index contributed by atoms with van der Waals surface area (Å²) in [6, 6.07) is 3.82. The summed E-state index contributed by atoms with van der Waals surface area (Å²) >= 11 is 0. The predicted octanol–water partition coefficient (Wildman–Crippen LogP) is 2.12. The van der Waals surface area contributed by atoms with Crippen LogP contribution in [0.3, 0.4) is 0 Å². The molecule has 0 radical (unpaired) electrons. The number of rotatable bonds is 6. The summed E-state index contributed by atoms with van der Waals surface area (Å²) in [5.74, 6) is 1.34. The zero-order valence-corrected chi connectivity index (χ0v) is 14.4. The van der Waals surface area contributed by atoms with Crippen molar-refractivity contribution in [1.82, 2.24) is 5.32 Å². The Balaban J connectivity index is 1.62. The number of hydrogen-bond acceptors (Lipinski definition) is 5. The van der Waals surface area contributed by atoms with Crippen molar-refractivity contribution in [3.63, 3.8) is 0 Å².